The number of rotatable bonds is 5. The van der Waals surface area contributed by atoms with Crippen molar-refractivity contribution in [1.82, 2.24) is 30.3 Å². The Morgan fingerprint density at radius 3 is 2.65 bits per heavy atom. The lowest BCUT2D eigenvalue weighted by Crippen LogP contribution is -2.39. The third-order valence-corrected chi connectivity index (χ3v) is 6.78. The summed E-state index contributed by atoms with van der Waals surface area (Å²) in [5, 5.41) is 21.6. The first-order valence-corrected chi connectivity index (χ1v) is 11.4. The number of amides is 2. The number of hydrogen-bond acceptors (Lipinski definition) is 8. The van der Waals surface area contributed by atoms with Gasteiger partial charge in [-0.2, -0.15) is 5.10 Å². The Hall–Kier alpha value is -4.02. The summed E-state index contributed by atoms with van der Waals surface area (Å²) in [6.45, 7) is 1.90. The molecular formula is C23H25N9O2. The number of para-hydroxylation sites is 1. The lowest BCUT2D eigenvalue weighted by Gasteiger charge is -2.37. The molecule has 3 aromatic rings. The second kappa shape index (κ2) is 7.24. The summed E-state index contributed by atoms with van der Waals surface area (Å²) in [6, 6.07) is 7.55. The van der Waals surface area contributed by atoms with Crippen LogP contribution in [0.15, 0.2) is 24.3 Å². The maximum atomic E-state index is 12.5. The molecule has 2 aliphatic carbocycles. The smallest absolute Gasteiger partial charge is 0.273 e. The second-order valence-corrected chi connectivity index (χ2v) is 9.12. The highest BCUT2D eigenvalue weighted by atomic mass is 16.2. The summed E-state index contributed by atoms with van der Waals surface area (Å²) in [4.78, 5) is 31.7. The Morgan fingerprint density at radius 2 is 1.94 bits per heavy atom. The van der Waals surface area contributed by atoms with Crippen molar-refractivity contribution in [3.63, 3.8) is 0 Å². The summed E-state index contributed by atoms with van der Waals surface area (Å²) in [5.41, 5.74) is 3.07. The minimum absolute atomic E-state index is 0.0293. The molecule has 0 saturated heterocycles. The first kappa shape index (κ1) is 20.6. The van der Waals surface area contributed by atoms with Gasteiger partial charge in [0.15, 0.2) is 17.3 Å². The van der Waals surface area contributed by atoms with Crippen LogP contribution in [0.5, 0.6) is 0 Å². The number of aryl methyl sites for hydroxylation is 1. The number of anilines is 4. The third-order valence-electron chi connectivity index (χ3n) is 6.78. The Bertz CT molecular complexity index is 1340. The van der Waals surface area contributed by atoms with Gasteiger partial charge in [-0.3, -0.25) is 9.59 Å². The Morgan fingerprint density at radius 1 is 1.15 bits per heavy atom. The van der Waals surface area contributed by atoms with Gasteiger partial charge in [0.05, 0.1) is 22.7 Å². The topological polar surface area (TPSA) is 130 Å². The highest BCUT2D eigenvalue weighted by Crippen LogP contribution is 2.57. The lowest BCUT2D eigenvalue weighted by atomic mass is 10.1. The van der Waals surface area contributed by atoms with E-state index >= 15 is 0 Å². The SMILES string of the molecule is CNC(=O)c1nnc(NC(=O)C2CC2)cc1Nc1cccc2c1N(C)C1(CC1)c1nc(C)nn1-2. The highest BCUT2D eigenvalue weighted by Gasteiger charge is 2.55. The number of carbonyl (C=O) groups excluding carboxylic acids is 2. The van der Waals surface area contributed by atoms with Crippen LogP contribution in [0.4, 0.5) is 22.9 Å². The van der Waals surface area contributed by atoms with Gasteiger partial charge in [-0.15, -0.1) is 10.2 Å². The van der Waals surface area contributed by atoms with Gasteiger partial charge in [-0.05, 0) is 44.7 Å². The summed E-state index contributed by atoms with van der Waals surface area (Å²) < 4.78 is 1.93. The monoisotopic (exact) mass is 459 g/mol. The average Bonchev–Trinajstić information content (AvgIpc) is 3.75. The van der Waals surface area contributed by atoms with Gasteiger partial charge in [-0.1, -0.05) is 6.07 Å². The second-order valence-electron chi connectivity index (χ2n) is 9.12. The van der Waals surface area contributed by atoms with E-state index in [0.29, 0.717) is 11.5 Å². The standard InChI is InChI=1S/C23H25N9O2/c1-12-25-22-23(9-10-23)31(3)19-14(5-4-6-16(19)32(22)30-12)26-15-11-17(27-20(33)13-7-8-13)28-29-18(15)21(34)24-2/h4-6,11,13H,7-10H2,1-3H3,(H,24,34)(H2,26,27,28,33). The zero-order chi connectivity index (χ0) is 23.6. The van der Waals surface area contributed by atoms with Gasteiger partial charge >= 0.3 is 0 Å². The van der Waals surface area contributed by atoms with Gasteiger partial charge < -0.3 is 20.9 Å². The molecule has 174 valence electrons. The van der Waals surface area contributed by atoms with Gasteiger partial charge in [-0.25, -0.2) is 9.67 Å². The van der Waals surface area contributed by atoms with E-state index in [1.165, 1.54) is 0 Å². The summed E-state index contributed by atoms with van der Waals surface area (Å²) in [5.74, 6) is 1.58. The minimum Gasteiger partial charge on any atom is -0.358 e. The number of hydrogen-bond donors (Lipinski definition) is 3. The molecule has 0 bridgehead atoms. The predicted molar refractivity (Wildman–Crippen MR) is 125 cm³/mol. The number of carbonyl (C=O) groups is 2. The van der Waals surface area contributed by atoms with Gasteiger partial charge in [0.1, 0.15) is 11.4 Å². The van der Waals surface area contributed by atoms with Crippen molar-refractivity contribution >= 4 is 34.7 Å². The summed E-state index contributed by atoms with van der Waals surface area (Å²) in [7, 11) is 3.61. The molecule has 11 nitrogen and oxygen atoms in total. The molecule has 11 heteroatoms. The van der Waals surface area contributed by atoms with Crippen molar-refractivity contribution in [1.29, 1.82) is 0 Å². The first-order valence-electron chi connectivity index (χ1n) is 11.4. The van der Waals surface area contributed by atoms with E-state index in [9.17, 15) is 9.59 Å². The fourth-order valence-electron chi connectivity index (χ4n) is 4.63. The van der Waals surface area contributed by atoms with E-state index in [0.717, 1.165) is 54.4 Å². The first-order chi connectivity index (χ1) is 16.4. The fraction of sp³-hybridized carbons (Fsp3) is 0.391. The molecule has 1 spiro atoms. The van der Waals surface area contributed by atoms with Crippen LogP contribution in [-0.4, -0.2) is 50.9 Å². The zero-order valence-corrected chi connectivity index (χ0v) is 19.2. The minimum atomic E-state index is -0.374. The molecule has 2 aromatic heterocycles. The van der Waals surface area contributed by atoms with Crippen molar-refractivity contribution in [2.75, 3.05) is 29.6 Å². The van der Waals surface area contributed by atoms with Crippen LogP contribution in [0.2, 0.25) is 0 Å². The molecule has 0 unspecified atom stereocenters. The highest BCUT2D eigenvalue weighted by molar-refractivity contribution is 6.00. The molecule has 0 radical (unpaired) electrons. The number of nitrogens with zero attached hydrogens (tertiary/aromatic N) is 6. The van der Waals surface area contributed by atoms with Gasteiger partial charge in [0.2, 0.25) is 5.91 Å². The van der Waals surface area contributed by atoms with Crippen LogP contribution >= 0.6 is 0 Å². The molecule has 0 atom stereocenters. The molecule has 2 amide bonds. The van der Waals surface area contributed by atoms with Gasteiger partial charge in [0.25, 0.3) is 5.91 Å². The third kappa shape index (κ3) is 3.11. The lowest BCUT2D eigenvalue weighted by molar-refractivity contribution is -0.117. The van der Waals surface area contributed by atoms with Crippen molar-refractivity contribution in [3.05, 3.63) is 41.6 Å². The maximum absolute atomic E-state index is 12.5. The van der Waals surface area contributed by atoms with Crippen LogP contribution in [-0.2, 0) is 10.3 Å². The summed E-state index contributed by atoms with van der Waals surface area (Å²) in [6.07, 6.45) is 3.75. The fourth-order valence-corrected chi connectivity index (χ4v) is 4.63. The number of fused-ring (bicyclic) bond motifs is 4. The maximum Gasteiger partial charge on any atom is 0.273 e. The predicted octanol–water partition coefficient (Wildman–Crippen LogP) is 2.26. The Balaban J connectivity index is 1.43. The van der Waals surface area contributed by atoms with E-state index in [2.05, 4.69) is 43.2 Å². The number of nitrogens with one attached hydrogen (secondary N) is 3. The number of aromatic nitrogens is 5. The van der Waals surface area contributed by atoms with E-state index in [4.69, 9.17) is 4.98 Å². The van der Waals surface area contributed by atoms with Crippen LogP contribution < -0.4 is 20.9 Å². The average molecular weight is 460 g/mol. The van der Waals surface area contributed by atoms with Gasteiger partial charge in [0, 0.05) is 26.1 Å². The molecule has 2 saturated carbocycles. The molecular weight excluding hydrogens is 434 g/mol. The van der Waals surface area contributed by atoms with Crippen LogP contribution in [0.25, 0.3) is 5.69 Å². The molecule has 3 aliphatic rings. The van der Waals surface area contributed by atoms with Crippen molar-refractivity contribution in [3.8, 4) is 5.69 Å². The van der Waals surface area contributed by atoms with Crippen molar-refractivity contribution < 1.29 is 9.59 Å². The summed E-state index contributed by atoms with van der Waals surface area (Å²) >= 11 is 0. The quantitative estimate of drug-likeness (QED) is 0.530. The van der Waals surface area contributed by atoms with Crippen molar-refractivity contribution in [2.45, 2.75) is 38.1 Å². The molecule has 3 heterocycles. The van der Waals surface area contributed by atoms with Crippen molar-refractivity contribution in [2.24, 2.45) is 5.92 Å². The molecule has 3 N–H and O–H groups in total. The largest absolute Gasteiger partial charge is 0.358 e. The molecule has 2 fully saturated rings. The normalized spacial score (nSPS) is 17.1. The van der Waals surface area contributed by atoms with Crippen LogP contribution in [0.3, 0.4) is 0 Å². The van der Waals surface area contributed by atoms with E-state index < -0.39 is 0 Å². The molecule has 1 aliphatic heterocycles. The number of benzene rings is 1. The van der Waals surface area contributed by atoms with E-state index in [-0.39, 0.29) is 29.0 Å². The van der Waals surface area contributed by atoms with Crippen LogP contribution in [0.1, 0.15) is 47.8 Å². The zero-order valence-electron chi connectivity index (χ0n) is 19.2. The Kier molecular flexibility index (Phi) is 4.38. The Labute approximate surface area is 196 Å². The van der Waals surface area contributed by atoms with Crippen LogP contribution in [0, 0.1) is 12.8 Å². The molecule has 34 heavy (non-hydrogen) atoms. The molecule has 1 aromatic carbocycles. The van der Waals surface area contributed by atoms with E-state index in [1.54, 1.807) is 13.1 Å². The van der Waals surface area contributed by atoms with E-state index in [1.807, 2.05) is 29.8 Å². The molecule has 6 rings (SSSR count).